The van der Waals surface area contributed by atoms with Crippen LogP contribution in [0.25, 0.3) is 33.5 Å². The Balaban J connectivity index is 0.000000246. The number of aryl methyl sites for hydroxylation is 1. The average Bonchev–Trinajstić information content (AvgIpc) is 3.26. The van der Waals surface area contributed by atoms with Crippen molar-refractivity contribution in [3.05, 3.63) is 103 Å². The van der Waals surface area contributed by atoms with Crippen molar-refractivity contribution in [3.8, 4) is 22.5 Å². The van der Waals surface area contributed by atoms with Crippen LogP contribution in [-0.4, -0.2) is 30.6 Å². The van der Waals surface area contributed by atoms with Crippen LogP contribution in [0.1, 0.15) is 10.6 Å². The van der Waals surface area contributed by atoms with Crippen LogP contribution >= 0.6 is 0 Å². The first-order valence-electron chi connectivity index (χ1n) is 9.63. The van der Waals surface area contributed by atoms with Gasteiger partial charge in [0.05, 0.1) is 16.7 Å². The number of hydrogen-bond donors (Lipinski definition) is 1. The van der Waals surface area contributed by atoms with E-state index in [9.17, 15) is 4.79 Å². The molecule has 0 saturated carbocycles. The zero-order valence-electron chi connectivity index (χ0n) is 17.1. The van der Waals surface area contributed by atoms with E-state index in [0.717, 1.165) is 33.5 Å². The summed E-state index contributed by atoms with van der Waals surface area (Å²) in [4.78, 5) is 23.4. The van der Waals surface area contributed by atoms with Gasteiger partial charge in [0.25, 0.3) is 0 Å². The number of rotatable bonds is 3. The van der Waals surface area contributed by atoms with Gasteiger partial charge in [0.15, 0.2) is 0 Å². The van der Waals surface area contributed by atoms with Crippen LogP contribution in [0.15, 0.2) is 91.3 Å². The van der Waals surface area contributed by atoms with Crippen molar-refractivity contribution in [1.29, 1.82) is 0 Å². The molecule has 161 valence electrons. The van der Waals surface area contributed by atoms with Gasteiger partial charge in [-0.2, -0.15) is 0 Å². The zero-order valence-corrected chi connectivity index (χ0v) is 19.5. The van der Waals surface area contributed by atoms with Crippen LogP contribution in [0.2, 0.25) is 0 Å². The van der Waals surface area contributed by atoms with Crippen LogP contribution in [0.4, 0.5) is 0 Å². The van der Waals surface area contributed by atoms with Crippen LogP contribution in [0.5, 0.6) is 0 Å². The third-order valence-electron chi connectivity index (χ3n) is 4.59. The molecule has 2 aromatic heterocycles. The monoisotopic (exact) mass is 600 g/mol. The Labute approximate surface area is 199 Å². The topological polar surface area (TPSA) is 80.9 Å². The van der Waals surface area contributed by atoms with Gasteiger partial charge in [0.1, 0.15) is 0 Å². The summed E-state index contributed by atoms with van der Waals surface area (Å²) in [6.07, 6.45) is 3.03. The first-order valence-corrected chi connectivity index (χ1v) is 9.63. The quantitative estimate of drug-likeness (QED) is 0.299. The third kappa shape index (κ3) is 5.14. The van der Waals surface area contributed by atoms with E-state index in [1.54, 1.807) is 13.2 Å². The van der Waals surface area contributed by atoms with Crippen molar-refractivity contribution in [1.82, 2.24) is 19.5 Å². The molecule has 0 bridgehead atoms. The molecule has 5 rings (SSSR count). The van der Waals surface area contributed by atoms with E-state index in [1.807, 2.05) is 66.7 Å². The fourth-order valence-corrected chi connectivity index (χ4v) is 3.10. The summed E-state index contributed by atoms with van der Waals surface area (Å²) in [6.45, 7) is 0. The second-order valence-electron chi connectivity index (χ2n) is 6.72. The number of carboxylic acids is 1. The number of fused-ring (bicyclic) bond motifs is 1. The van der Waals surface area contributed by atoms with Crippen LogP contribution in [0.3, 0.4) is 0 Å². The number of carbonyl (C=O) groups is 1. The van der Waals surface area contributed by atoms with Gasteiger partial charge in [-0.15, -0.1) is 35.9 Å². The molecule has 0 fully saturated rings. The number of hydrogen-bond acceptors (Lipinski definition) is 4. The van der Waals surface area contributed by atoms with E-state index in [1.165, 1.54) is 10.8 Å². The van der Waals surface area contributed by atoms with E-state index in [4.69, 9.17) is 15.1 Å². The fraction of sp³-hybridized carbons (Fsp3) is 0.0400. The van der Waals surface area contributed by atoms with Crippen molar-refractivity contribution < 1.29 is 30.0 Å². The number of imidazole rings is 1. The Morgan fingerprint density at radius 3 is 2.03 bits per heavy atom. The number of para-hydroxylation sites is 2. The van der Waals surface area contributed by atoms with Crippen LogP contribution < -0.4 is 0 Å². The zero-order chi connectivity index (χ0) is 21.6. The second kappa shape index (κ2) is 10.6. The Morgan fingerprint density at radius 1 is 0.875 bits per heavy atom. The summed E-state index contributed by atoms with van der Waals surface area (Å²) in [6, 6.07) is 29.3. The van der Waals surface area contributed by atoms with Crippen molar-refractivity contribution in [3.63, 3.8) is 0 Å². The van der Waals surface area contributed by atoms with Crippen molar-refractivity contribution >= 4 is 17.0 Å². The molecule has 0 amide bonds. The maximum atomic E-state index is 10.2. The maximum Gasteiger partial charge on any atom is 0.372 e. The van der Waals surface area contributed by atoms with Gasteiger partial charge in [0, 0.05) is 45.2 Å². The third-order valence-corrected chi connectivity index (χ3v) is 4.59. The molecule has 0 unspecified atom stereocenters. The van der Waals surface area contributed by atoms with E-state index >= 15 is 0 Å². The summed E-state index contributed by atoms with van der Waals surface area (Å²) in [5.41, 5.74) is 5.58. The molecule has 0 atom stereocenters. The number of aromatic nitrogens is 4. The minimum atomic E-state index is -0.998. The summed E-state index contributed by atoms with van der Waals surface area (Å²) in [7, 11) is 1.64. The smallest absolute Gasteiger partial charge is 0.372 e. The molecule has 0 saturated heterocycles. The van der Waals surface area contributed by atoms with Crippen molar-refractivity contribution in [2.24, 2.45) is 7.05 Å². The molecule has 5 aromatic rings. The van der Waals surface area contributed by atoms with Crippen LogP contribution in [-0.2, 0) is 27.2 Å². The molecule has 32 heavy (non-hydrogen) atoms. The van der Waals surface area contributed by atoms with Gasteiger partial charge in [-0.05, 0) is 17.7 Å². The van der Waals surface area contributed by atoms with E-state index in [0.29, 0.717) is 0 Å². The van der Waals surface area contributed by atoms with Crippen molar-refractivity contribution in [2.75, 3.05) is 0 Å². The normalized spacial score (nSPS) is 10.0. The van der Waals surface area contributed by atoms with Gasteiger partial charge in [-0.3, -0.25) is 9.97 Å². The summed E-state index contributed by atoms with van der Waals surface area (Å²) >= 11 is 0. The van der Waals surface area contributed by atoms with Gasteiger partial charge < -0.3 is 9.67 Å². The first kappa shape index (κ1) is 23.0. The molecule has 0 aliphatic carbocycles. The Bertz CT molecular complexity index is 1240. The molecule has 6 nitrogen and oxygen atoms in total. The molecule has 7 heteroatoms. The molecule has 0 spiro atoms. The standard InChI is InChI=1S/C20H13N2.C5H6N2O2.Ir/c1-3-9-15(10-4-1)19-20(16-11-5-2-6-12-16)22-18-14-8-7-13-17(18)21-19;1-7-3-2-6-4(7)5(8)9;/h1-11,13-14H;2-3H,1H3,(H,8,9);/q-1;;. The minimum Gasteiger partial charge on any atom is -0.475 e. The molecule has 1 radical (unpaired) electrons. The molecular weight excluding hydrogens is 581 g/mol. The average molecular weight is 600 g/mol. The fourth-order valence-electron chi connectivity index (χ4n) is 3.10. The molecule has 0 aliphatic heterocycles. The Hall–Kier alpha value is -3.67. The summed E-state index contributed by atoms with van der Waals surface area (Å²) in [5.74, 6) is -0.933. The van der Waals surface area contributed by atoms with Crippen molar-refractivity contribution in [2.45, 2.75) is 0 Å². The number of benzene rings is 3. The SMILES string of the molecule is Cn1ccnc1C(=O)O.[Ir].[c-]1ccccc1-c1nc2ccccc2nc1-c1ccccc1. The predicted molar refractivity (Wildman–Crippen MR) is 119 cm³/mol. The molecule has 1 N–H and O–H groups in total. The first-order chi connectivity index (χ1) is 15.1. The molecule has 3 aromatic carbocycles. The van der Waals surface area contributed by atoms with Gasteiger partial charge in [-0.25, -0.2) is 9.78 Å². The molecule has 0 aliphatic rings. The largest absolute Gasteiger partial charge is 0.475 e. The van der Waals surface area contributed by atoms with Gasteiger partial charge >= 0.3 is 5.97 Å². The number of aromatic carboxylic acids is 1. The maximum absolute atomic E-state index is 10.2. The second-order valence-corrected chi connectivity index (χ2v) is 6.72. The summed E-state index contributed by atoms with van der Waals surface area (Å²) < 4.78 is 1.45. The minimum absolute atomic E-state index is 0. The van der Waals surface area contributed by atoms with Gasteiger partial charge in [0.2, 0.25) is 5.82 Å². The van der Waals surface area contributed by atoms with Crippen LogP contribution in [0, 0.1) is 6.07 Å². The Kier molecular flexibility index (Phi) is 7.60. The predicted octanol–water partition coefficient (Wildman–Crippen LogP) is 4.88. The van der Waals surface area contributed by atoms with E-state index in [-0.39, 0.29) is 25.9 Å². The van der Waals surface area contributed by atoms with E-state index in [2.05, 4.69) is 23.2 Å². The molecule has 2 heterocycles. The molecular formula is C25H19IrN4O2-. The summed E-state index contributed by atoms with van der Waals surface area (Å²) in [5, 5.41) is 8.37. The number of nitrogens with zero attached hydrogens (tertiary/aromatic N) is 4. The Morgan fingerprint density at radius 2 is 1.50 bits per heavy atom. The van der Waals surface area contributed by atoms with E-state index < -0.39 is 5.97 Å². The van der Waals surface area contributed by atoms with Gasteiger partial charge in [-0.1, -0.05) is 42.5 Å². The number of carboxylic acid groups (broad SMARTS) is 1.